The van der Waals surface area contributed by atoms with Crippen LogP contribution in [0.3, 0.4) is 0 Å². The first-order valence-corrected chi connectivity index (χ1v) is 8.67. The quantitative estimate of drug-likeness (QED) is 0.416. The van der Waals surface area contributed by atoms with Crippen molar-refractivity contribution in [2.45, 2.75) is 52.7 Å². The van der Waals surface area contributed by atoms with Crippen LogP contribution in [-0.4, -0.2) is 36.0 Å². The fourth-order valence-corrected chi connectivity index (χ4v) is 2.50. The highest BCUT2D eigenvalue weighted by Crippen LogP contribution is 2.28. The molecule has 0 unspecified atom stereocenters. The maximum absolute atomic E-state index is 14.4. The summed E-state index contributed by atoms with van der Waals surface area (Å²) in [6, 6.07) is 0.0466. The van der Waals surface area contributed by atoms with Crippen molar-refractivity contribution >= 4 is 29.4 Å². The molecule has 0 spiro atoms. The summed E-state index contributed by atoms with van der Waals surface area (Å²) in [6.07, 6.45) is -0.827. The second-order valence-electron chi connectivity index (χ2n) is 6.86. The van der Waals surface area contributed by atoms with Gasteiger partial charge in [0.25, 0.3) is 0 Å². The highest BCUT2D eigenvalue weighted by Gasteiger charge is 2.26. The third-order valence-corrected chi connectivity index (χ3v) is 3.58. The molecule has 0 saturated heterocycles. The Morgan fingerprint density at radius 3 is 2.44 bits per heavy atom. The number of hydrogen-bond donors (Lipinski definition) is 2. The Hall–Kier alpha value is -2.22. The summed E-state index contributed by atoms with van der Waals surface area (Å²) in [6.45, 7) is 8.18. The molecule has 0 aromatic heterocycles. The van der Waals surface area contributed by atoms with E-state index in [-0.39, 0.29) is 18.7 Å². The van der Waals surface area contributed by atoms with Gasteiger partial charge < -0.3 is 20.2 Å². The molecule has 0 aliphatic rings. The number of amides is 1. The van der Waals surface area contributed by atoms with E-state index in [4.69, 9.17) is 21.7 Å². The van der Waals surface area contributed by atoms with E-state index in [0.717, 1.165) is 0 Å². The third-order valence-electron chi connectivity index (χ3n) is 3.23. The van der Waals surface area contributed by atoms with E-state index in [1.807, 2.05) is 0 Å². The normalized spacial score (nSPS) is 12.3. The number of alkyl carbamates (subject to hydrolysis) is 1. The average Bonchev–Trinajstić information content (AvgIpc) is 2.48. The molecule has 0 aliphatic heterocycles. The Morgan fingerprint density at radius 1 is 1.33 bits per heavy atom. The van der Waals surface area contributed by atoms with Crippen molar-refractivity contribution in [3.05, 3.63) is 33.9 Å². The van der Waals surface area contributed by atoms with E-state index in [1.54, 1.807) is 27.7 Å². The molecule has 0 bridgehead atoms. The average molecular weight is 405 g/mol. The lowest BCUT2D eigenvalue weighted by molar-refractivity contribution is 0.0503. The molecular weight excluding hydrogens is 382 g/mol. The first-order chi connectivity index (χ1) is 12.4. The molecule has 0 heterocycles. The van der Waals surface area contributed by atoms with Crippen molar-refractivity contribution in [2.24, 2.45) is 0 Å². The maximum atomic E-state index is 14.4. The lowest BCUT2D eigenvalue weighted by Gasteiger charge is -2.22. The molecule has 27 heavy (non-hydrogen) atoms. The Balaban J connectivity index is 2.96. The molecule has 0 radical (unpaired) electrons. The lowest BCUT2D eigenvalue weighted by atomic mass is 10.0. The van der Waals surface area contributed by atoms with Gasteiger partial charge >= 0.3 is 12.1 Å². The fraction of sp³-hybridized carbons (Fsp3) is 0.500. The molecule has 150 valence electrons. The van der Waals surface area contributed by atoms with Gasteiger partial charge in [0.2, 0.25) is 0 Å². The van der Waals surface area contributed by atoms with E-state index in [1.165, 1.54) is 6.92 Å². The van der Waals surface area contributed by atoms with E-state index in [2.05, 4.69) is 10.1 Å². The Kier molecular flexibility index (Phi) is 7.71. The van der Waals surface area contributed by atoms with Crippen molar-refractivity contribution in [2.75, 3.05) is 6.61 Å². The van der Waals surface area contributed by atoms with Gasteiger partial charge in [-0.05, 0) is 40.7 Å². The molecule has 6 nitrogen and oxygen atoms in total. The molecule has 1 aromatic carbocycles. The molecule has 9 heteroatoms. The van der Waals surface area contributed by atoms with E-state index < -0.39 is 51.5 Å². The maximum Gasteiger partial charge on any atom is 0.407 e. The number of carbonyl (C=O) groups is 2. The topological polar surface area (TPSA) is 88.5 Å². The van der Waals surface area contributed by atoms with Crippen LogP contribution in [-0.2, 0) is 9.47 Å². The minimum Gasteiger partial charge on any atom is -0.462 e. The van der Waals surface area contributed by atoms with Crippen molar-refractivity contribution in [3.63, 3.8) is 0 Å². The molecule has 0 aliphatic carbocycles. The van der Waals surface area contributed by atoms with Crippen LogP contribution in [0.4, 0.5) is 13.6 Å². The third kappa shape index (κ3) is 6.46. The zero-order valence-corrected chi connectivity index (χ0v) is 16.6. The number of carbonyl (C=O) groups excluding carboxylic acids is 2. The van der Waals surface area contributed by atoms with Crippen molar-refractivity contribution in [1.82, 2.24) is 5.32 Å². The lowest BCUT2D eigenvalue weighted by Crippen LogP contribution is -2.38. The van der Waals surface area contributed by atoms with Crippen molar-refractivity contribution < 1.29 is 27.8 Å². The summed E-state index contributed by atoms with van der Waals surface area (Å²) in [5, 5.41) is 9.84. The van der Waals surface area contributed by atoms with Crippen LogP contribution in [0.5, 0.6) is 0 Å². The van der Waals surface area contributed by atoms with E-state index in [0.29, 0.717) is 6.07 Å². The largest absolute Gasteiger partial charge is 0.462 e. The van der Waals surface area contributed by atoms with Gasteiger partial charge in [-0.1, -0.05) is 11.6 Å². The molecule has 1 amide bonds. The van der Waals surface area contributed by atoms with Crippen LogP contribution in [0.15, 0.2) is 6.07 Å². The Morgan fingerprint density at radius 2 is 1.93 bits per heavy atom. The Labute approximate surface area is 161 Å². The molecule has 0 fully saturated rings. The standard InChI is InChI=1S/C18H23ClF2N2O4/c1-6-26-16(24)10-8-11(20)13(14(19)15(10)21)12(22)7-9(2)23-17(25)27-18(3,4)5/h8-9,22H,6-7H2,1-5H3,(H,23,25)/t9-/m0/s1. The number of rotatable bonds is 6. The predicted octanol–water partition coefficient (Wildman–Crippen LogP) is 4.47. The van der Waals surface area contributed by atoms with Crippen LogP contribution in [0.2, 0.25) is 5.02 Å². The second-order valence-corrected chi connectivity index (χ2v) is 7.24. The molecule has 2 N–H and O–H groups in total. The molecule has 1 atom stereocenters. The summed E-state index contributed by atoms with van der Waals surface area (Å²) >= 11 is 5.84. The van der Waals surface area contributed by atoms with Crippen LogP contribution >= 0.6 is 11.6 Å². The van der Waals surface area contributed by atoms with Crippen molar-refractivity contribution in [1.29, 1.82) is 5.41 Å². The number of ether oxygens (including phenoxy) is 2. The van der Waals surface area contributed by atoms with Crippen LogP contribution in [0.1, 0.15) is 57.0 Å². The smallest absolute Gasteiger partial charge is 0.407 e. The number of benzene rings is 1. The monoisotopic (exact) mass is 404 g/mol. The number of nitrogens with one attached hydrogen (secondary N) is 2. The van der Waals surface area contributed by atoms with Gasteiger partial charge in [0.15, 0.2) is 5.82 Å². The fourth-order valence-electron chi connectivity index (χ4n) is 2.20. The van der Waals surface area contributed by atoms with Crippen LogP contribution < -0.4 is 5.32 Å². The molecular formula is C18H23ClF2N2O4. The Bertz CT molecular complexity index is 748. The van der Waals surface area contributed by atoms with Crippen molar-refractivity contribution in [3.8, 4) is 0 Å². The first kappa shape index (κ1) is 22.8. The van der Waals surface area contributed by atoms with E-state index >= 15 is 0 Å². The molecule has 1 aromatic rings. The SMILES string of the molecule is CCOC(=O)c1cc(F)c(C(=N)C[C@H](C)NC(=O)OC(C)(C)C)c(Cl)c1F. The van der Waals surface area contributed by atoms with Gasteiger partial charge in [0.1, 0.15) is 11.4 Å². The highest BCUT2D eigenvalue weighted by atomic mass is 35.5. The summed E-state index contributed by atoms with van der Waals surface area (Å²) in [7, 11) is 0. The van der Waals surface area contributed by atoms with Crippen LogP contribution in [0, 0.1) is 17.0 Å². The zero-order chi connectivity index (χ0) is 20.9. The van der Waals surface area contributed by atoms with Gasteiger partial charge in [0, 0.05) is 18.2 Å². The minimum absolute atomic E-state index is 0.0110. The number of hydrogen-bond acceptors (Lipinski definition) is 5. The van der Waals surface area contributed by atoms with Gasteiger partial charge in [-0.2, -0.15) is 0 Å². The van der Waals surface area contributed by atoms with Crippen LogP contribution in [0.25, 0.3) is 0 Å². The minimum atomic E-state index is -1.16. The van der Waals surface area contributed by atoms with E-state index in [9.17, 15) is 18.4 Å². The first-order valence-electron chi connectivity index (χ1n) is 8.29. The summed E-state index contributed by atoms with van der Waals surface area (Å²) in [4.78, 5) is 23.4. The highest BCUT2D eigenvalue weighted by molar-refractivity contribution is 6.34. The van der Waals surface area contributed by atoms with Gasteiger partial charge in [0.05, 0.1) is 22.8 Å². The second kappa shape index (κ2) is 9.12. The summed E-state index contributed by atoms with van der Waals surface area (Å²) in [5.74, 6) is -3.24. The van der Waals surface area contributed by atoms with Gasteiger partial charge in [-0.15, -0.1) is 0 Å². The zero-order valence-electron chi connectivity index (χ0n) is 15.8. The predicted molar refractivity (Wildman–Crippen MR) is 97.6 cm³/mol. The summed E-state index contributed by atoms with van der Waals surface area (Å²) in [5.41, 5.74) is -2.15. The van der Waals surface area contributed by atoms with Gasteiger partial charge in [-0.25, -0.2) is 18.4 Å². The van der Waals surface area contributed by atoms with Gasteiger partial charge in [-0.3, -0.25) is 0 Å². The summed E-state index contributed by atoms with van der Waals surface area (Å²) < 4.78 is 38.4. The molecule has 1 rings (SSSR count). The number of halogens is 3. The number of esters is 1. The molecule has 0 saturated carbocycles.